The lowest BCUT2D eigenvalue weighted by atomic mass is 10.1. The molecule has 0 heterocycles. The van der Waals surface area contributed by atoms with E-state index in [9.17, 15) is 17.6 Å². The van der Waals surface area contributed by atoms with Crippen LogP contribution in [0.1, 0.15) is 24.2 Å². The molecule has 1 aromatic carbocycles. The van der Waals surface area contributed by atoms with Gasteiger partial charge in [-0.1, -0.05) is 11.6 Å². The quantitative estimate of drug-likeness (QED) is 0.844. The van der Waals surface area contributed by atoms with Crippen molar-refractivity contribution in [2.45, 2.75) is 24.3 Å². The highest BCUT2D eigenvalue weighted by atomic mass is 35.5. The van der Waals surface area contributed by atoms with Crippen LogP contribution in [0, 0.1) is 5.82 Å². The average molecular weight is 339 g/mol. The number of benzene rings is 1. The monoisotopic (exact) mass is 338 g/mol. The molecule has 21 heavy (non-hydrogen) atoms. The number of ether oxygens (including phenoxy) is 1. The summed E-state index contributed by atoms with van der Waals surface area (Å²) in [4.78, 5) is 11.5. The maximum atomic E-state index is 13.6. The molecule has 0 bridgehead atoms. The van der Waals surface area contributed by atoms with Gasteiger partial charge in [-0.2, -0.15) is 0 Å². The van der Waals surface area contributed by atoms with Crippen LogP contribution in [-0.2, 0) is 14.8 Å². The molecule has 1 amide bonds. The van der Waals surface area contributed by atoms with Crippen LogP contribution in [-0.4, -0.2) is 33.6 Å². The van der Waals surface area contributed by atoms with Crippen LogP contribution >= 0.6 is 11.6 Å². The van der Waals surface area contributed by atoms with E-state index in [1.165, 1.54) is 7.11 Å². The summed E-state index contributed by atoms with van der Waals surface area (Å²) < 4.78 is 41.2. The Kier molecular flexibility index (Phi) is 5.32. The Balaban J connectivity index is 3.13. The van der Waals surface area contributed by atoms with Gasteiger partial charge in [-0.05, 0) is 26.0 Å². The van der Waals surface area contributed by atoms with E-state index in [4.69, 9.17) is 21.5 Å². The second kappa shape index (κ2) is 6.27. The molecule has 118 valence electrons. The normalized spacial score (nSPS) is 12.3. The zero-order valence-electron chi connectivity index (χ0n) is 11.7. The number of methoxy groups -OCH3 is 1. The molecule has 0 radical (unpaired) electrons. The van der Waals surface area contributed by atoms with Gasteiger partial charge in [-0.15, -0.1) is 0 Å². The SMILES string of the molecule is COC(C)(C)CNC(=O)c1cc(S(N)(=O)=O)cc(F)c1Cl. The van der Waals surface area contributed by atoms with Crippen molar-refractivity contribution in [3.05, 3.63) is 28.5 Å². The van der Waals surface area contributed by atoms with E-state index in [1.807, 2.05) is 0 Å². The number of halogens is 2. The number of carbonyl (C=O) groups is 1. The summed E-state index contributed by atoms with van der Waals surface area (Å²) in [6.07, 6.45) is 0. The molecule has 0 aliphatic heterocycles. The van der Waals surface area contributed by atoms with Crippen LogP contribution in [0.4, 0.5) is 4.39 Å². The average Bonchev–Trinajstić information content (AvgIpc) is 2.38. The highest BCUT2D eigenvalue weighted by Gasteiger charge is 2.22. The molecule has 0 aliphatic rings. The zero-order valence-corrected chi connectivity index (χ0v) is 13.3. The third-order valence-corrected chi connectivity index (χ3v) is 4.08. The van der Waals surface area contributed by atoms with Gasteiger partial charge in [-0.3, -0.25) is 4.79 Å². The predicted octanol–water partition coefficient (Wildman–Crippen LogP) is 1.28. The second-order valence-electron chi connectivity index (χ2n) is 4.96. The van der Waals surface area contributed by atoms with Gasteiger partial charge < -0.3 is 10.1 Å². The fraction of sp³-hybridized carbons (Fsp3) is 0.417. The van der Waals surface area contributed by atoms with E-state index >= 15 is 0 Å². The van der Waals surface area contributed by atoms with E-state index in [0.29, 0.717) is 6.07 Å². The first-order valence-electron chi connectivity index (χ1n) is 5.83. The second-order valence-corrected chi connectivity index (χ2v) is 6.90. The topological polar surface area (TPSA) is 98.5 Å². The van der Waals surface area contributed by atoms with Crippen molar-refractivity contribution in [1.82, 2.24) is 5.32 Å². The van der Waals surface area contributed by atoms with Crippen LogP contribution in [0.25, 0.3) is 0 Å². The standard InChI is InChI=1S/C12H16ClFN2O4S/c1-12(2,20-3)6-16-11(17)8-4-7(21(15,18)19)5-9(14)10(8)13/h4-5H,6H2,1-3H3,(H,16,17)(H2,15,18,19). The molecule has 0 saturated carbocycles. The minimum Gasteiger partial charge on any atom is -0.377 e. The summed E-state index contributed by atoms with van der Waals surface area (Å²) in [5.41, 5.74) is -0.953. The highest BCUT2D eigenvalue weighted by molar-refractivity contribution is 7.89. The van der Waals surface area contributed by atoms with Gasteiger partial charge in [0.25, 0.3) is 5.91 Å². The summed E-state index contributed by atoms with van der Waals surface area (Å²) in [7, 11) is -2.68. The molecular weight excluding hydrogens is 323 g/mol. The van der Waals surface area contributed by atoms with Gasteiger partial charge in [-0.25, -0.2) is 17.9 Å². The Morgan fingerprint density at radius 1 is 1.48 bits per heavy atom. The summed E-state index contributed by atoms with van der Waals surface area (Å²) in [6.45, 7) is 3.59. The molecule has 1 rings (SSSR count). The third-order valence-electron chi connectivity index (χ3n) is 2.80. The molecule has 0 fully saturated rings. The third kappa shape index (κ3) is 4.63. The molecule has 0 unspecified atom stereocenters. The molecule has 1 aromatic rings. The van der Waals surface area contributed by atoms with Crippen LogP contribution in [0.3, 0.4) is 0 Å². The van der Waals surface area contributed by atoms with Gasteiger partial charge in [0.2, 0.25) is 10.0 Å². The molecule has 9 heteroatoms. The number of hydrogen-bond acceptors (Lipinski definition) is 4. The fourth-order valence-electron chi connectivity index (χ4n) is 1.35. The smallest absolute Gasteiger partial charge is 0.253 e. The number of carbonyl (C=O) groups excluding carboxylic acids is 1. The first kappa shape index (κ1) is 17.8. The predicted molar refractivity (Wildman–Crippen MR) is 76.2 cm³/mol. The Labute approximate surface area is 127 Å². The summed E-state index contributed by atoms with van der Waals surface area (Å²) in [5, 5.41) is 6.93. The van der Waals surface area contributed by atoms with Crippen molar-refractivity contribution in [3.63, 3.8) is 0 Å². The number of amides is 1. The van der Waals surface area contributed by atoms with Crippen molar-refractivity contribution in [2.24, 2.45) is 5.14 Å². The Hall–Kier alpha value is -1.22. The largest absolute Gasteiger partial charge is 0.377 e. The lowest BCUT2D eigenvalue weighted by molar-refractivity contribution is 0.0228. The van der Waals surface area contributed by atoms with Crippen LogP contribution in [0.2, 0.25) is 5.02 Å². The van der Waals surface area contributed by atoms with Crippen LogP contribution in [0.5, 0.6) is 0 Å². The van der Waals surface area contributed by atoms with E-state index in [2.05, 4.69) is 5.32 Å². The summed E-state index contributed by atoms with van der Waals surface area (Å²) >= 11 is 5.69. The van der Waals surface area contributed by atoms with Crippen LogP contribution in [0.15, 0.2) is 17.0 Å². The lowest BCUT2D eigenvalue weighted by Crippen LogP contribution is -2.39. The van der Waals surface area contributed by atoms with Crippen molar-refractivity contribution in [2.75, 3.05) is 13.7 Å². The number of hydrogen-bond donors (Lipinski definition) is 2. The number of primary sulfonamides is 1. The van der Waals surface area contributed by atoms with Gasteiger partial charge in [0.1, 0.15) is 5.82 Å². The highest BCUT2D eigenvalue weighted by Crippen LogP contribution is 2.24. The molecular formula is C12H16ClFN2O4S. The van der Waals surface area contributed by atoms with Crippen molar-refractivity contribution >= 4 is 27.5 Å². The molecule has 6 nitrogen and oxygen atoms in total. The molecule has 0 aromatic heterocycles. The van der Waals surface area contributed by atoms with E-state index in [1.54, 1.807) is 13.8 Å². The van der Waals surface area contributed by atoms with Crippen molar-refractivity contribution in [3.8, 4) is 0 Å². The Morgan fingerprint density at radius 2 is 2.05 bits per heavy atom. The minimum absolute atomic E-state index is 0.125. The fourth-order valence-corrected chi connectivity index (χ4v) is 2.10. The minimum atomic E-state index is -4.15. The van der Waals surface area contributed by atoms with E-state index in [-0.39, 0.29) is 12.1 Å². The number of nitrogens with two attached hydrogens (primary N) is 1. The van der Waals surface area contributed by atoms with Gasteiger partial charge in [0, 0.05) is 13.7 Å². The maximum Gasteiger partial charge on any atom is 0.253 e. The number of sulfonamides is 1. The van der Waals surface area contributed by atoms with E-state index in [0.717, 1.165) is 6.07 Å². The van der Waals surface area contributed by atoms with Crippen molar-refractivity contribution < 1.29 is 22.3 Å². The van der Waals surface area contributed by atoms with Gasteiger partial charge in [0.05, 0.1) is 21.1 Å². The van der Waals surface area contributed by atoms with Gasteiger partial charge in [0.15, 0.2) is 0 Å². The number of nitrogens with one attached hydrogen (secondary N) is 1. The molecule has 0 atom stereocenters. The van der Waals surface area contributed by atoms with Crippen molar-refractivity contribution in [1.29, 1.82) is 0 Å². The summed E-state index contributed by atoms with van der Waals surface area (Å²) in [6, 6.07) is 1.59. The molecule has 0 spiro atoms. The van der Waals surface area contributed by atoms with Gasteiger partial charge >= 0.3 is 0 Å². The molecule has 0 saturated heterocycles. The number of rotatable bonds is 5. The van der Waals surface area contributed by atoms with E-state index < -0.39 is 37.3 Å². The maximum absolute atomic E-state index is 13.6. The first-order valence-corrected chi connectivity index (χ1v) is 7.75. The zero-order chi connectivity index (χ0) is 16.4. The Morgan fingerprint density at radius 3 is 2.52 bits per heavy atom. The van der Waals surface area contributed by atoms with Crippen LogP contribution < -0.4 is 10.5 Å². The molecule has 0 aliphatic carbocycles. The molecule has 3 N–H and O–H groups in total. The lowest BCUT2D eigenvalue weighted by Gasteiger charge is -2.23. The first-order chi connectivity index (χ1) is 9.48. The summed E-state index contributed by atoms with van der Waals surface area (Å²) in [5.74, 6) is -1.77. The Bertz CT molecular complexity index is 661.